The fraction of sp³-hybridized carbons (Fsp3) is 0.947. The second-order valence-corrected chi connectivity index (χ2v) is 7.84. The monoisotopic (exact) mass is 354 g/mol. The van der Waals surface area contributed by atoms with E-state index in [0.717, 1.165) is 44.9 Å². The molecule has 6 atom stereocenters. The van der Waals surface area contributed by atoms with Crippen LogP contribution >= 0.6 is 0 Å². The van der Waals surface area contributed by atoms with Gasteiger partial charge in [-0.1, -0.05) is 13.3 Å². The number of carbonyl (C=O) groups excluding carboxylic acids is 1. The van der Waals surface area contributed by atoms with Gasteiger partial charge in [0.1, 0.15) is 18.3 Å². The Morgan fingerprint density at radius 3 is 2.52 bits per heavy atom. The zero-order valence-electron chi connectivity index (χ0n) is 15.3. The molecule has 142 valence electrons. The molecule has 1 spiro atoms. The predicted octanol–water partition coefficient (Wildman–Crippen LogP) is 2.72. The second-order valence-electron chi connectivity index (χ2n) is 7.84. The van der Waals surface area contributed by atoms with Crippen molar-refractivity contribution in [1.29, 1.82) is 0 Å². The molecule has 25 heavy (non-hydrogen) atoms. The van der Waals surface area contributed by atoms with Crippen LogP contribution in [-0.4, -0.2) is 55.5 Å². The van der Waals surface area contributed by atoms with E-state index in [9.17, 15) is 4.79 Å². The number of hydrogen-bond donors (Lipinski definition) is 0. The molecule has 3 aliphatic heterocycles. The smallest absolute Gasteiger partial charge is 0.308 e. The lowest BCUT2D eigenvalue weighted by molar-refractivity contribution is -0.240. The highest BCUT2D eigenvalue weighted by molar-refractivity contribution is 5.69. The molecule has 6 nitrogen and oxygen atoms in total. The van der Waals surface area contributed by atoms with Crippen molar-refractivity contribution in [3.8, 4) is 0 Å². The molecule has 0 aromatic carbocycles. The summed E-state index contributed by atoms with van der Waals surface area (Å²) in [5.41, 5.74) is 0. The van der Waals surface area contributed by atoms with E-state index >= 15 is 0 Å². The van der Waals surface area contributed by atoms with E-state index in [4.69, 9.17) is 23.7 Å². The molecule has 4 aliphatic rings. The van der Waals surface area contributed by atoms with Gasteiger partial charge in [0.15, 0.2) is 5.79 Å². The molecule has 1 aliphatic carbocycles. The number of esters is 1. The molecule has 6 heteroatoms. The SMILES string of the molecule is CCC1OC2CC[C@H](CC(=O)OC)OC2C2OC3(CCCCC3)OC12. The minimum absolute atomic E-state index is 0.0300. The van der Waals surface area contributed by atoms with Crippen molar-refractivity contribution in [2.45, 2.75) is 107 Å². The van der Waals surface area contributed by atoms with E-state index in [1.165, 1.54) is 13.5 Å². The first-order valence-electron chi connectivity index (χ1n) is 9.87. The molecular formula is C19H30O6. The van der Waals surface area contributed by atoms with Crippen LogP contribution in [0.2, 0.25) is 0 Å². The van der Waals surface area contributed by atoms with Crippen molar-refractivity contribution in [3.05, 3.63) is 0 Å². The third-order valence-corrected chi connectivity index (χ3v) is 6.19. The molecule has 0 aromatic rings. The quantitative estimate of drug-likeness (QED) is 0.726. The zero-order valence-corrected chi connectivity index (χ0v) is 15.3. The number of methoxy groups -OCH3 is 1. The highest BCUT2D eigenvalue weighted by atomic mass is 16.8. The fourth-order valence-electron chi connectivity index (χ4n) is 4.90. The van der Waals surface area contributed by atoms with Gasteiger partial charge in [-0.15, -0.1) is 0 Å². The van der Waals surface area contributed by atoms with Crippen LogP contribution in [0, 0.1) is 0 Å². The summed E-state index contributed by atoms with van der Waals surface area (Å²) in [4.78, 5) is 11.6. The number of carbonyl (C=O) groups is 1. The Kier molecular flexibility index (Phi) is 5.06. The Balaban J connectivity index is 1.50. The van der Waals surface area contributed by atoms with Crippen molar-refractivity contribution in [3.63, 3.8) is 0 Å². The first-order chi connectivity index (χ1) is 12.1. The van der Waals surface area contributed by atoms with E-state index in [-0.39, 0.29) is 42.6 Å². The van der Waals surface area contributed by atoms with Gasteiger partial charge >= 0.3 is 5.97 Å². The summed E-state index contributed by atoms with van der Waals surface area (Å²) in [7, 11) is 1.42. The van der Waals surface area contributed by atoms with Crippen LogP contribution < -0.4 is 0 Å². The summed E-state index contributed by atoms with van der Waals surface area (Å²) in [6.45, 7) is 2.14. The molecule has 0 radical (unpaired) electrons. The maximum absolute atomic E-state index is 11.6. The van der Waals surface area contributed by atoms with Gasteiger partial charge in [-0.05, 0) is 32.1 Å². The Labute approximate surface area is 149 Å². The van der Waals surface area contributed by atoms with Crippen LogP contribution in [0.3, 0.4) is 0 Å². The molecular weight excluding hydrogens is 324 g/mol. The van der Waals surface area contributed by atoms with Gasteiger partial charge in [-0.25, -0.2) is 0 Å². The number of ether oxygens (including phenoxy) is 5. The summed E-state index contributed by atoms with van der Waals surface area (Å²) in [6, 6.07) is 0. The molecule has 3 heterocycles. The van der Waals surface area contributed by atoms with Crippen LogP contribution in [-0.2, 0) is 28.5 Å². The molecule has 1 saturated carbocycles. The molecule has 0 aromatic heterocycles. The third-order valence-electron chi connectivity index (χ3n) is 6.19. The standard InChI is InChI=1S/C19H30O6/c1-3-13-17-18(25-19(24-17)9-5-4-6-10-19)16-14(23-13)8-7-12(22-16)11-15(20)21-2/h12-14,16-18H,3-11H2,1-2H3/t12-,13?,14?,16?,17?,18?/m1/s1. The molecule has 3 saturated heterocycles. The third kappa shape index (κ3) is 3.34. The van der Waals surface area contributed by atoms with E-state index in [0.29, 0.717) is 6.42 Å². The summed E-state index contributed by atoms with van der Waals surface area (Å²) in [6.07, 6.45) is 8.03. The summed E-state index contributed by atoms with van der Waals surface area (Å²) < 4.78 is 30.4. The summed E-state index contributed by atoms with van der Waals surface area (Å²) >= 11 is 0. The summed E-state index contributed by atoms with van der Waals surface area (Å²) in [5.74, 6) is -0.673. The number of hydrogen-bond acceptors (Lipinski definition) is 6. The van der Waals surface area contributed by atoms with Gasteiger partial charge in [0, 0.05) is 12.8 Å². The van der Waals surface area contributed by atoms with Gasteiger partial charge in [-0.3, -0.25) is 4.79 Å². The minimum atomic E-state index is -0.447. The van der Waals surface area contributed by atoms with E-state index in [2.05, 4.69) is 6.92 Å². The molecule has 5 unspecified atom stereocenters. The average molecular weight is 354 g/mol. The Hall–Kier alpha value is -0.690. The molecule has 4 fully saturated rings. The van der Waals surface area contributed by atoms with Gasteiger partial charge in [0.2, 0.25) is 0 Å². The molecule has 0 bridgehead atoms. The van der Waals surface area contributed by atoms with Crippen molar-refractivity contribution >= 4 is 5.97 Å². The van der Waals surface area contributed by atoms with Crippen molar-refractivity contribution in [2.75, 3.05) is 7.11 Å². The van der Waals surface area contributed by atoms with Crippen LogP contribution in [0.5, 0.6) is 0 Å². The molecule has 0 amide bonds. The highest BCUT2D eigenvalue weighted by Crippen LogP contribution is 2.47. The zero-order chi connectivity index (χ0) is 17.4. The van der Waals surface area contributed by atoms with Crippen LogP contribution in [0.25, 0.3) is 0 Å². The second kappa shape index (κ2) is 7.14. The highest BCUT2D eigenvalue weighted by Gasteiger charge is 2.59. The molecule has 4 rings (SSSR count). The lowest BCUT2D eigenvalue weighted by atomic mass is 9.88. The largest absolute Gasteiger partial charge is 0.469 e. The van der Waals surface area contributed by atoms with Crippen LogP contribution in [0.4, 0.5) is 0 Å². The maximum Gasteiger partial charge on any atom is 0.308 e. The van der Waals surface area contributed by atoms with Crippen LogP contribution in [0.1, 0.15) is 64.7 Å². The lowest BCUT2D eigenvalue weighted by Crippen LogP contribution is -2.59. The first-order valence-corrected chi connectivity index (χ1v) is 9.87. The number of rotatable bonds is 3. The van der Waals surface area contributed by atoms with Gasteiger partial charge in [0.05, 0.1) is 31.8 Å². The Morgan fingerprint density at radius 1 is 1.04 bits per heavy atom. The fourth-order valence-corrected chi connectivity index (χ4v) is 4.90. The van der Waals surface area contributed by atoms with Crippen LogP contribution in [0.15, 0.2) is 0 Å². The van der Waals surface area contributed by atoms with E-state index in [1.54, 1.807) is 0 Å². The van der Waals surface area contributed by atoms with Gasteiger partial charge < -0.3 is 23.7 Å². The van der Waals surface area contributed by atoms with Crippen molar-refractivity contribution < 1.29 is 28.5 Å². The average Bonchev–Trinajstić information content (AvgIpc) is 3.00. The van der Waals surface area contributed by atoms with Crippen molar-refractivity contribution in [1.82, 2.24) is 0 Å². The van der Waals surface area contributed by atoms with Gasteiger partial charge in [-0.2, -0.15) is 0 Å². The Morgan fingerprint density at radius 2 is 1.80 bits per heavy atom. The predicted molar refractivity (Wildman–Crippen MR) is 89.0 cm³/mol. The van der Waals surface area contributed by atoms with Gasteiger partial charge in [0.25, 0.3) is 0 Å². The summed E-state index contributed by atoms with van der Waals surface area (Å²) in [5, 5.41) is 0. The minimum Gasteiger partial charge on any atom is -0.469 e. The van der Waals surface area contributed by atoms with Crippen molar-refractivity contribution in [2.24, 2.45) is 0 Å². The van der Waals surface area contributed by atoms with E-state index < -0.39 is 5.79 Å². The van der Waals surface area contributed by atoms with E-state index in [1.807, 2.05) is 0 Å². The lowest BCUT2D eigenvalue weighted by Gasteiger charge is -2.46. The first kappa shape index (κ1) is 17.7. The number of fused-ring (bicyclic) bond motifs is 3. The maximum atomic E-state index is 11.6. The Bertz CT molecular complexity index is 488. The topological polar surface area (TPSA) is 63.2 Å². The normalized spacial score (nSPS) is 42.6. The molecule has 0 N–H and O–H groups in total.